The molecule has 2 aromatic carbocycles. The summed E-state index contributed by atoms with van der Waals surface area (Å²) >= 11 is 0. The van der Waals surface area contributed by atoms with Crippen molar-refractivity contribution in [1.29, 1.82) is 0 Å². The number of hydrogen-bond acceptors (Lipinski definition) is 5. The number of ether oxygens (including phenoxy) is 1. The zero-order valence-electron chi connectivity index (χ0n) is 15.1. The molecule has 138 valence electrons. The second-order valence-electron chi connectivity index (χ2n) is 6.02. The standard InChI is InChI=1S/C22H17N3O3/c1-27-18-11-4-15(5-12-18)6-13-20(26)24-17-9-7-16(8-10-17)22-25-21-19(28-22)3-2-14-23-21/h2-14H,1H3,(H,24,26)/b13-6+. The number of benzene rings is 2. The Morgan fingerprint density at radius 2 is 1.86 bits per heavy atom. The molecule has 1 amide bonds. The van der Waals surface area contributed by atoms with Crippen LogP contribution in [-0.2, 0) is 4.79 Å². The Labute approximate surface area is 161 Å². The van der Waals surface area contributed by atoms with Gasteiger partial charge in [0.15, 0.2) is 11.2 Å². The molecular formula is C22H17N3O3. The van der Waals surface area contributed by atoms with E-state index in [9.17, 15) is 4.79 Å². The average Bonchev–Trinajstić information content (AvgIpc) is 3.17. The van der Waals surface area contributed by atoms with E-state index >= 15 is 0 Å². The van der Waals surface area contributed by atoms with E-state index < -0.39 is 0 Å². The molecule has 0 aliphatic heterocycles. The zero-order chi connectivity index (χ0) is 19.3. The number of carbonyl (C=O) groups is 1. The van der Waals surface area contributed by atoms with Gasteiger partial charge in [0.25, 0.3) is 0 Å². The lowest BCUT2D eigenvalue weighted by atomic mass is 10.2. The Morgan fingerprint density at radius 1 is 1.07 bits per heavy atom. The fourth-order valence-corrected chi connectivity index (χ4v) is 2.66. The van der Waals surface area contributed by atoms with Gasteiger partial charge < -0.3 is 14.5 Å². The predicted octanol–water partition coefficient (Wildman–Crippen LogP) is 4.55. The van der Waals surface area contributed by atoms with Gasteiger partial charge >= 0.3 is 0 Å². The van der Waals surface area contributed by atoms with Gasteiger partial charge in [-0.15, -0.1) is 0 Å². The van der Waals surface area contributed by atoms with Gasteiger partial charge in [0, 0.05) is 23.5 Å². The van der Waals surface area contributed by atoms with Crippen LogP contribution in [0.4, 0.5) is 5.69 Å². The quantitative estimate of drug-likeness (QED) is 0.521. The molecule has 0 spiro atoms. The van der Waals surface area contributed by atoms with E-state index in [1.54, 1.807) is 37.6 Å². The molecular weight excluding hydrogens is 354 g/mol. The molecule has 2 aromatic heterocycles. The van der Waals surface area contributed by atoms with E-state index in [-0.39, 0.29) is 5.91 Å². The molecule has 2 heterocycles. The number of nitrogens with zero attached hydrogens (tertiary/aromatic N) is 2. The largest absolute Gasteiger partial charge is 0.497 e. The highest BCUT2D eigenvalue weighted by Crippen LogP contribution is 2.24. The second kappa shape index (κ2) is 7.75. The number of carbonyl (C=O) groups excluding carboxylic acids is 1. The van der Waals surface area contributed by atoms with Crippen molar-refractivity contribution in [3.05, 3.63) is 78.5 Å². The first-order chi connectivity index (χ1) is 13.7. The van der Waals surface area contributed by atoms with E-state index in [4.69, 9.17) is 9.15 Å². The molecule has 4 aromatic rings. The Hall–Kier alpha value is -3.93. The maximum absolute atomic E-state index is 12.1. The molecule has 0 saturated heterocycles. The lowest BCUT2D eigenvalue weighted by Crippen LogP contribution is -2.07. The maximum Gasteiger partial charge on any atom is 0.248 e. The van der Waals surface area contributed by atoms with Crippen molar-refractivity contribution in [2.75, 3.05) is 12.4 Å². The Bertz CT molecular complexity index is 1100. The molecule has 0 aliphatic rings. The molecule has 0 saturated carbocycles. The van der Waals surface area contributed by atoms with Crippen molar-refractivity contribution in [3.8, 4) is 17.2 Å². The highest BCUT2D eigenvalue weighted by molar-refractivity contribution is 6.02. The lowest BCUT2D eigenvalue weighted by Gasteiger charge is -2.03. The average molecular weight is 371 g/mol. The summed E-state index contributed by atoms with van der Waals surface area (Å²) in [5.41, 5.74) is 3.61. The summed E-state index contributed by atoms with van der Waals surface area (Å²) in [5, 5.41) is 2.83. The lowest BCUT2D eigenvalue weighted by molar-refractivity contribution is -0.111. The molecule has 28 heavy (non-hydrogen) atoms. The Balaban J connectivity index is 1.42. The molecule has 0 fully saturated rings. The van der Waals surface area contributed by atoms with Crippen LogP contribution in [0.2, 0.25) is 0 Å². The number of anilines is 1. The number of fused-ring (bicyclic) bond motifs is 1. The smallest absolute Gasteiger partial charge is 0.248 e. The number of oxazole rings is 1. The van der Waals surface area contributed by atoms with Crippen LogP contribution in [0, 0.1) is 0 Å². The van der Waals surface area contributed by atoms with Crippen LogP contribution >= 0.6 is 0 Å². The molecule has 0 radical (unpaired) electrons. The van der Waals surface area contributed by atoms with Crippen molar-refractivity contribution in [3.63, 3.8) is 0 Å². The van der Waals surface area contributed by atoms with Crippen LogP contribution in [0.15, 0.2) is 77.4 Å². The van der Waals surface area contributed by atoms with Crippen LogP contribution < -0.4 is 10.1 Å². The topological polar surface area (TPSA) is 77.2 Å². The molecule has 6 heteroatoms. The fraction of sp³-hybridized carbons (Fsp3) is 0.0455. The number of amides is 1. The molecule has 0 atom stereocenters. The second-order valence-corrected chi connectivity index (χ2v) is 6.02. The Kier molecular flexibility index (Phi) is 4.84. The summed E-state index contributed by atoms with van der Waals surface area (Å²) in [7, 11) is 1.62. The molecule has 0 unspecified atom stereocenters. The first-order valence-electron chi connectivity index (χ1n) is 8.66. The number of aromatic nitrogens is 2. The van der Waals surface area contributed by atoms with E-state index in [1.165, 1.54) is 6.08 Å². The highest BCUT2D eigenvalue weighted by atomic mass is 16.5. The molecule has 0 aliphatic carbocycles. The van der Waals surface area contributed by atoms with Crippen LogP contribution in [0.3, 0.4) is 0 Å². The number of rotatable bonds is 5. The van der Waals surface area contributed by atoms with E-state index in [1.807, 2.05) is 42.5 Å². The highest BCUT2D eigenvalue weighted by Gasteiger charge is 2.08. The summed E-state index contributed by atoms with van der Waals surface area (Å²) in [6.45, 7) is 0. The number of methoxy groups -OCH3 is 1. The Morgan fingerprint density at radius 3 is 2.57 bits per heavy atom. The van der Waals surface area contributed by atoms with Gasteiger partial charge in [-0.05, 0) is 60.2 Å². The number of pyridine rings is 1. The van der Waals surface area contributed by atoms with Crippen molar-refractivity contribution in [2.24, 2.45) is 0 Å². The van der Waals surface area contributed by atoms with Crippen molar-refractivity contribution in [1.82, 2.24) is 9.97 Å². The monoisotopic (exact) mass is 371 g/mol. The first kappa shape index (κ1) is 17.5. The minimum Gasteiger partial charge on any atom is -0.497 e. The summed E-state index contributed by atoms with van der Waals surface area (Å²) in [5.74, 6) is 1.05. The zero-order valence-corrected chi connectivity index (χ0v) is 15.1. The van der Waals surface area contributed by atoms with E-state index in [0.29, 0.717) is 22.8 Å². The van der Waals surface area contributed by atoms with Gasteiger partial charge in [-0.2, -0.15) is 4.98 Å². The first-order valence-corrected chi connectivity index (χ1v) is 8.66. The van der Waals surface area contributed by atoms with Gasteiger partial charge in [-0.25, -0.2) is 4.98 Å². The molecule has 0 bridgehead atoms. The minimum atomic E-state index is -0.213. The van der Waals surface area contributed by atoms with Crippen LogP contribution in [0.1, 0.15) is 5.56 Å². The molecule has 6 nitrogen and oxygen atoms in total. The maximum atomic E-state index is 12.1. The van der Waals surface area contributed by atoms with Gasteiger partial charge in [0.2, 0.25) is 11.8 Å². The summed E-state index contributed by atoms with van der Waals surface area (Å²) in [4.78, 5) is 20.6. The van der Waals surface area contributed by atoms with Crippen molar-refractivity contribution in [2.45, 2.75) is 0 Å². The SMILES string of the molecule is COc1ccc(/C=C/C(=O)Nc2ccc(-c3nc4ncccc4o3)cc2)cc1. The van der Waals surface area contributed by atoms with Gasteiger partial charge in [-0.3, -0.25) is 4.79 Å². The summed E-state index contributed by atoms with van der Waals surface area (Å²) in [6.07, 6.45) is 4.91. The predicted molar refractivity (Wildman–Crippen MR) is 108 cm³/mol. The minimum absolute atomic E-state index is 0.213. The van der Waals surface area contributed by atoms with Crippen LogP contribution in [0.5, 0.6) is 5.75 Å². The fourth-order valence-electron chi connectivity index (χ4n) is 2.66. The van der Waals surface area contributed by atoms with Gasteiger partial charge in [0.1, 0.15) is 5.75 Å². The molecule has 4 rings (SSSR count). The third-order valence-corrected chi connectivity index (χ3v) is 4.11. The van der Waals surface area contributed by atoms with Crippen molar-refractivity contribution >= 4 is 28.9 Å². The van der Waals surface area contributed by atoms with Gasteiger partial charge in [0.05, 0.1) is 7.11 Å². The van der Waals surface area contributed by atoms with E-state index in [2.05, 4.69) is 15.3 Å². The third-order valence-electron chi connectivity index (χ3n) is 4.11. The van der Waals surface area contributed by atoms with Gasteiger partial charge in [-0.1, -0.05) is 12.1 Å². The third kappa shape index (κ3) is 3.91. The molecule has 1 N–H and O–H groups in total. The number of hydrogen-bond donors (Lipinski definition) is 1. The summed E-state index contributed by atoms with van der Waals surface area (Å²) in [6, 6.07) is 18.4. The van der Waals surface area contributed by atoms with Crippen molar-refractivity contribution < 1.29 is 13.9 Å². The normalized spacial score (nSPS) is 11.0. The van der Waals surface area contributed by atoms with E-state index in [0.717, 1.165) is 16.9 Å². The number of nitrogens with one attached hydrogen (secondary N) is 1. The summed E-state index contributed by atoms with van der Waals surface area (Å²) < 4.78 is 10.8. The van der Waals surface area contributed by atoms with Crippen LogP contribution in [-0.4, -0.2) is 23.0 Å². The van der Waals surface area contributed by atoms with Crippen LogP contribution in [0.25, 0.3) is 28.8 Å².